The molecule has 0 bridgehead atoms. The van der Waals surface area contributed by atoms with Crippen molar-refractivity contribution in [2.45, 2.75) is 33.2 Å². The third-order valence-electron chi connectivity index (χ3n) is 2.67. The van der Waals surface area contributed by atoms with Crippen molar-refractivity contribution in [1.29, 1.82) is 0 Å². The second-order valence-electron chi connectivity index (χ2n) is 4.81. The third kappa shape index (κ3) is 2.84. The summed E-state index contributed by atoms with van der Waals surface area (Å²) in [6.07, 6.45) is 0. The first-order valence-corrected chi connectivity index (χ1v) is 5.65. The molecule has 1 aliphatic heterocycles. The number of aliphatic imine (C=N–C) groups is 1. The molecule has 1 unspecified atom stereocenters. The monoisotopic (exact) mass is 213 g/mol. The van der Waals surface area contributed by atoms with Gasteiger partial charge in [-0.3, -0.25) is 4.99 Å². The average Bonchev–Trinajstić information content (AvgIpc) is 2.43. The molecule has 0 amide bonds. The SMILES string of the molecule is CCOCC1(C)CN=C(N)N1CC(C)C. The van der Waals surface area contributed by atoms with Crippen molar-refractivity contribution in [3.63, 3.8) is 0 Å². The van der Waals surface area contributed by atoms with Crippen molar-refractivity contribution in [3.05, 3.63) is 0 Å². The van der Waals surface area contributed by atoms with Gasteiger partial charge in [0.05, 0.1) is 18.7 Å². The maximum Gasteiger partial charge on any atom is 0.191 e. The van der Waals surface area contributed by atoms with E-state index in [4.69, 9.17) is 10.5 Å². The average molecular weight is 213 g/mol. The molecule has 0 saturated carbocycles. The minimum atomic E-state index is -0.0512. The second-order valence-corrected chi connectivity index (χ2v) is 4.81. The van der Waals surface area contributed by atoms with Gasteiger partial charge in [-0.25, -0.2) is 0 Å². The van der Waals surface area contributed by atoms with Gasteiger partial charge in [0.1, 0.15) is 0 Å². The van der Waals surface area contributed by atoms with Gasteiger partial charge in [-0.05, 0) is 19.8 Å². The Morgan fingerprint density at radius 2 is 2.27 bits per heavy atom. The van der Waals surface area contributed by atoms with E-state index in [9.17, 15) is 0 Å². The molecule has 15 heavy (non-hydrogen) atoms. The molecule has 2 N–H and O–H groups in total. The molecule has 1 aliphatic rings. The van der Waals surface area contributed by atoms with Crippen LogP contribution in [0.5, 0.6) is 0 Å². The van der Waals surface area contributed by atoms with Crippen LogP contribution in [0.15, 0.2) is 4.99 Å². The third-order valence-corrected chi connectivity index (χ3v) is 2.67. The van der Waals surface area contributed by atoms with E-state index in [0.717, 1.165) is 19.7 Å². The molecule has 1 atom stereocenters. The Morgan fingerprint density at radius 1 is 1.60 bits per heavy atom. The molecule has 1 heterocycles. The molecule has 4 heteroatoms. The van der Waals surface area contributed by atoms with E-state index in [1.165, 1.54) is 0 Å². The molecule has 88 valence electrons. The molecule has 1 rings (SSSR count). The highest BCUT2D eigenvalue weighted by molar-refractivity contribution is 5.81. The van der Waals surface area contributed by atoms with E-state index < -0.39 is 0 Å². The number of nitrogens with two attached hydrogens (primary N) is 1. The smallest absolute Gasteiger partial charge is 0.191 e. The van der Waals surface area contributed by atoms with Gasteiger partial charge >= 0.3 is 0 Å². The van der Waals surface area contributed by atoms with Crippen LogP contribution in [-0.2, 0) is 4.74 Å². The van der Waals surface area contributed by atoms with Gasteiger partial charge in [-0.15, -0.1) is 0 Å². The topological polar surface area (TPSA) is 50.9 Å². The Morgan fingerprint density at radius 3 is 2.80 bits per heavy atom. The van der Waals surface area contributed by atoms with Gasteiger partial charge in [0.15, 0.2) is 5.96 Å². The van der Waals surface area contributed by atoms with Crippen molar-refractivity contribution < 1.29 is 4.74 Å². The van der Waals surface area contributed by atoms with Crippen LogP contribution >= 0.6 is 0 Å². The molecule has 0 aromatic rings. The maximum atomic E-state index is 5.89. The normalized spacial score (nSPS) is 26.2. The Bertz CT molecular complexity index is 240. The predicted octanol–water partition coefficient (Wildman–Crippen LogP) is 1.07. The zero-order chi connectivity index (χ0) is 11.5. The molecular formula is C11H23N3O. The first kappa shape index (κ1) is 12.3. The zero-order valence-electron chi connectivity index (χ0n) is 10.3. The van der Waals surface area contributed by atoms with E-state index in [1.807, 2.05) is 6.92 Å². The Kier molecular flexibility index (Phi) is 3.97. The van der Waals surface area contributed by atoms with Gasteiger partial charge in [0.2, 0.25) is 0 Å². The highest BCUT2D eigenvalue weighted by atomic mass is 16.5. The van der Waals surface area contributed by atoms with E-state index in [2.05, 4.69) is 30.7 Å². The maximum absolute atomic E-state index is 5.89. The fourth-order valence-electron chi connectivity index (χ4n) is 1.82. The quantitative estimate of drug-likeness (QED) is 0.743. The second kappa shape index (κ2) is 4.84. The largest absolute Gasteiger partial charge is 0.379 e. The van der Waals surface area contributed by atoms with Crippen molar-refractivity contribution in [1.82, 2.24) is 4.90 Å². The summed E-state index contributed by atoms with van der Waals surface area (Å²) in [5.41, 5.74) is 5.84. The van der Waals surface area contributed by atoms with E-state index in [1.54, 1.807) is 0 Å². The minimum Gasteiger partial charge on any atom is -0.379 e. The highest BCUT2D eigenvalue weighted by Crippen LogP contribution is 2.23. The number of guanidine groups is 1. The summed E-state index contributed by atoms with van der Waals surface area (Å²) in [6.45, 7) is 11.7. The summed E-state index contributed by atoms with van der Waals surface area (Å²) in [4.78, 5) is 6.49. The Labute approximate surface area is 92.5 Å². The number of hydrogen-bond acceptors (Lipinski definition) is 4. The van der Waals surface area contributed by atoms with E-state index in [-0.39, 0.29) is 5.54 Å². The summed E-state index contributed by atoms with van der Waals surface area (Å²) in [6, 6.07) is 0. The lowest BCUT2D eigenvalue weighted by molar-refractivity contribution is 0.0488. The van der Waals surface area contributed by atoms with Crippen LogP contribution in [0.2, 0.25) is 0 Å². The van der Waals surface area contributed by atoms with Gasteiger partial charge in [-0.1, -0.05) is 13.8 Å². The summed E-state index contributed by atoms with van der Waals surface area (Å²) in [7, 11) is 0. The van der Waals surface area contributed by atoms with Crippen molar-refractivity contribution in [3.8, 4) is 0 Å². The van der Waals surface area contributed by atoms with Gasteiger partial charge in [0.25, 0.3) is 0 Å². The Hall–Kier alpha value is -0.770. The lowest BCUT2D eigenvalue weighted by Crippen LogP contribution is -2.53. The fraction of sp³-hybridized carbons (Fsp3) is 0.909. The molecule has 0 fully saturated rings. The number of hydrogen-bond donors (Lipinski definition) is 1. The standard InChI is InChI=1S/C11H23N3O/c1-5-15-8-11(4)7-13-10(12)14(11)6-9(2)3/h9H,5-8H2,1-4H3,(H2,12,13). The molecule has 0 spiro atoms. The summed E-state index contributed by atoms with van der Waals surface area (Å²) in [5, 5.41) is 0. The molecule has 0 aliphatic carbocycles. The van der Waals surface area contributed by atoms with E-state index >= 15 is 0 Å². The van der Waals surface area contributed by atoms with Crippen molar-refractivity contribution in [2.24, 2.45) is 16.6 Å². The first-order valence-electron chi connectivity index (χ1n) is 5.65. The summed E-state index contributed by atoms with van der Waals surface area (Å²) in [5.74, 6) is 1.24. The van der Waals surface area contributed by atoms with Gasteiger partial charge in [-0.2, -0.15) is 0 Å². The van der Waals surface area contributed by atoms with Crippen LogP contribution in [0.3, 0.4) is 0 Å². The van der Waals surface area contributed by atoms with Gasteiger partial charge < -0.3 is 15.4 Å². The highest BCUT2D eigenvalue weighted by Gasteiger charge is 2.38. The molecule has 0 aromatic heterocycles. The van der Waals surface area contributed by atoms with Gasteiger partial charge in [0, 0.05) is 13.2 Å². The molecule has 4 nitrogen and oxygen atoms in total. The van der Waals surface area contributed by atoms with E-state index in [0.29, 0.717) is 18.5 Å². The van der Waals surface area contributed by atoms with Crippen molar-refractivity contribution >= 4 is 5.96 Å². The lowest BCUT2D eigenvalue weighted by atomic mass is 10.0. The van der Waals surface area contributed by atoms with Crippen LogP contribution < -0.4 is 5.73 Å². The predicted molar refractivity (Wildman–Crippen MR) is 62.9 cm³/mol. The molecule has 0 saturated heterocycles. The molecular weight excluding hydrogens is 190 g/mol. The van der Waals surface area contributed by atoms with Crippen LogP contribution in [0.25, 0.3) is 0 Å². The summed E-state index contributed by atoms with van der Waals surface area (Å²) < 4.78 is 5.51. The first-order chi connectivity index (χ1) is 6.99. The number of nitrogens with zero attached hydrogens (tertiary/aromatic N) is 2. The number of rotatable bonds is 5. The Balaban J connectivity index is 2.64. The van der Waals surface area contributed by atoms with Crippen LogP contribution in [0.4, 0.5) is 0 Å². The zero-order valence-corrected chi connectivity index (χ0v) is 10.3. The van der Waals surface area contributed by atoms with Crippen molar-refractivity contribution in [2.75, 3.05) is 26.3 Å². The van der Waals surface area contributed by atoms with Crippen LogP contribution in [0, 0.1) is 5.92 Å². The number of ether oxygens (including phenoxy) is 1. The minimum absolute atomic E-state index is 0.0512. The fourth-order valence-corrected chi connectivity index (χ4v) is 1.82. The summed E-state index contributed by atoms with van der Waals surface area (Å²) >= 11 is 0. The lowest BCUT2D eigenvalue weighted by Gasteiger charge is -2.36. The van der Waals surface area contributed by atoms with Crippen LogP contribution in [0.1, 0.15) is 27.7 Å². The molecule has 0 radical (unpaired) electrons. The van der Waals surface area contributed by atoms with Crippen LogP contribution in [-0.4, -0.2) is 42.7 Å². The molecule has 0 aromatic carbocycles.